The zero-order chi connectivity index (χ0) is 21.0. The Morgan fingerprint density at radius 1 is 1.21 bits per heavy atom. The van der Waals surface area contributed by atoms with E-state index in [0.717, 1.165) is 21.6 Å². The van der Waals surface area contributed by atoms with Gasteiger partial charge >= 0.3 is 0 Å². The van der Waals surface area contributed by atoms with E-state index in [-0.39, 0.29) is 23.1 Å². The van der Waals surface area contributed by atoms with Crippen LogP contribution in [0.2, 0.25) is 5.15 Å². The van der Waals surface area contributed by atoms with Gasteiger partial charge in [-0.2, -0.15) is 4.31 Å². The van der Waals surface area contributed by atoms with Gasteiger partial charge in [0.05, 0.1) is 19.4 Å². The Balaban J connectivity index is 1.86. The van der Waals surface area contributed by atoms with E-state index >= 15 is 0 Å². The first-order valence-electron chi connectivity index (χ1n) is 8.77. The summed E-state index contributed by atoms with van der Waals surface area (Å²) < 4.78 is 32.5. The van der Waals surface area contributed by atoms with Crippen molar-refractivity contribution < 1.29 is 17.6 Å². The Labute approximate surface area is 174 Å². The number of hydrogen-bond acceptors (Lipinski definition) is 5. The molecule has 1 aromatic carbocycles. The molecule has 2 aromatic heterocycles. The largest absolute Gasteiger partial charge is 0.468 e. The predicted molar refractivity (Wildman–Crippen MR) is 110 cm³/mol. The van der Waals surface area contributed by atoms with Crippen LogP contribution in [-0.2, 0) is 21.4 Å². The van der Waals surface area contributed by atoms with Gasteiger partial charge in [-0.3, -0.25) is 4.79 Å². The molecule has 1 amide bonds. The van der Waals surface area contributed by atoms with E-state index in [9.17, 15) is 13.2 Å². The summed E-state index contributed by atoms with van der Waals surface area (Å²) in [5.74, 6) is -0.0502. The normalized spacial score (nSPS) is 11.6. The standard InChI is InChI=1S/C20H20ClN3O4S/c1-14-5-6-15(2)18(10-14)23-20(25)13-24(12-16-4-3-9-28-16)29(26,27)17-7-8-19(21)22-11-17/h3-11H,12-13H2,1-2H3,(H,23,25). The van der Waals surface area contributed by atoms with Crippen LogP contribution >= 0.6 is 11.6 Å². The van der Waals surface area contributed by atoms with Crippen molar-refractivity contribution in [3.63, 3.8) is 0 Å². The smallest absolute Gasteiger partial charge is 0.245 e. The lowest BCUT2D eigenvalue weighted by Gasteiger charge is -2.21. The molecular weight excluding hydrogens is 414 g/mol. The Morgan fingerprint density at radius 3 is 2.66 bits per heavy atom. The summed E-state index contributed by atoms with van der Waals surface area (Å²) in [5, 5.41) is 2.96. The van der Waals surface area contributed by atoms with E-state index in [1.54, 1.807) is 12.1 Å². The molecule has 0 unspecified atom stereocenters. The molecule has 7 nitrogen and oxygen atoms in total. The maximum atomic E-state index is 13.1. The molecule has 0 aliphatic heterocycles. The number of nitrogens with zero attached hydrogens (tertiary/aromatic N) is 2. The lowest BCUT2D eigenvalue weighted by Crippen LogP contribution is -2.37. The fraction of sp³-hybridized carbons (Fsp3) is 0.200. The maximum Gasteiger partial charge on any atom is 0.245 e. The van der Waals surface area contributed by atoms with E-state index in [4.69, 9.17) is 16.0 Å². The van der Waals surface area contributed by atoms with Crippen molar-refractivity contribution >= 4 is 33.2 Å². The zero-order valence-corrected chi connectivity index (χ0v) is 17.5. The maximum absolute atomic E-state index is 13.1. The number of carbonyl (C=O) groups excluding carboxylic acids is 1. The van der Waals surface area contributed by atoms with Crippen molar-refractivity contribution in [2.24, 2.45) is 0 Å². The van der Waals surface area contributed by atoms with Gasteiger partial charge in [0.2, 0.25) is 15.9 Å². The number of carbonyl (C=O) groups is 1. The fourth-order valence-corrected chi connectivity index (χ4v) is 4.11. The lowest BCUT2D eigenvalue weighted by molar-refractivity contribution is -0.116. The number of aromatic nitrogens is 1. The van der Waals surface area contributed by atoms with E-state index in [2.05, 4.69) is 10.3 Å². The third kappa shape index (κ3) is 5.23. The minimum Gasteiger partial charge on any atom is -0.468 e. The van der Waals surface area contributed by atoms with Gasteiger partial charge in [-0.25, -0.2) is 13.4 Å². The first kappa shape index (κ1) is 21.0. The third-order valence-electron chi connectivity index (χ3n) is 4.24. The molecule has 1 N–H and O–H groups in total. The molecule has 3 rings (SSSR count). The van der Waals surface area contributed by atoms with Gasteiger partial charge in [-0.1, -0.05) is 23.7 Å². The number of anilines is 1. The quantitative estimate of drug-likeness (QED) is 0.572. The van der Waals surface area contributed by atoms with E-state index in [1.165, 1.54) is 18.4 Å². The predicted octanol–water partition coefficient (Wildman–Crippen LogP) is 3.77. The van der Waals surface area contributed by atoms with Gasteiger partial charge in [-0.05, 0) is 55.3 Å². The molecule has 152 valence electrons. The summed E-state index contributed by atoms with van der Waals surface area (Å²) >= 11 is 5.76. The number of furan rings is 1. The molecule has 0 aliphatic carbocycles. The second-order valence-corrected chi connectivity index (χ2v) is 8.86. The average Bonchev–Trinajstić information content (AvgIpc) is 3.18. The number of nitrogens with one attached hydrogen (secondary N) is 1. The van der Waals surface area contributed by atoms with Crippen LogP contribution in [0.1, 0.15) is 16.9 Å². The van der Waals surface area contributed by atoms with Gasteiger partial charge in [0.1, 0.15) is 15.8 Å². The highest BCUT2D eigenvalue weighted by Gasteiger charge is 2.28. The van der Waals surface area contributed by atoms with Crippen LogP contribution in [0.4, 0.5) is 5.69 Å². The average molecular weight is 434 g/mol. The van der Waals surface area contributed by atoms with Gasteiger partial charge in [0.15, 0.2) is 0 Å². The Hall–Kier alpha value is -2.68. The summed E-state index contributed by atoms with van der Waals surface area (Å²) in [6.07, 6.45) is 2.61. The topological polar surface area (TPSA) is 92.5 Å². The number of aryl methyl sites for hydroxylation is 2. The van der Waals surface area contributed by atoms with Crippen LogP contribution in [0.3, 0.4) is 0 Å². The Kier molecular flexibility index (Phi) is 6.36. The Morgan fingerprint density at radius 2 is 2.00 bits per heavy atom. The van der Waals surface area contributed by atoms with Crippen molar-refractivity contribution in [3.05, 3.63) is 77.0 Å². The number of pyridine rings is 1. The first-order chi connectivity index (χ1) is 13.8. The molecule has 3 aromatic rings. The van der Waals surface area contributed by atoms with Crippen molar-refractivity contribution in [1.82, 2.24) is 9.29 Å². The molecular formula is C20H20ClN3O4S. The molecule has 0 radical (unpaired) electrons. The summed E-state index contributed by atoms with van der Waals surface area (Å²) in [6, 6.07) is 11.7. The highest BCUT2D eigenvalue weighted by Crippen LogP contribution is 2.21. The molecule has 29 heavy (non-hydrogen) atoms. The zero-order valence-electron chi connectivity index (χ0n) is 15.9. The summed E-state index contributed by atoms with van der Waals surface area (Å²) in [7, 11) is -4.01. The number of rotatable bonds is 7. The summed E-state index contributed by atoms with van der Waals surface area (Å²) in [4.78, 5) is 16.4. The number of benzene rings is 1. The third-order valence-corrected chi connectivity index (χ3v) is 6.24. The molecule has 0 fully saturated rings. The van der Waals surface area contributed by atoms with Crippen molar-refractivity contribution in [3.8, 4) is 0 Å². The van der Waals surface area contributed by atoms with Crippen molar-refractivity contribution in [2.45, 2.75) is 25.3 Å². The molecule has 0 saturated heterocycles. The second-order valence-electron chi connectivity index (χ2n) is 6.54. The first-order valence-corrected chi connectivity index (χ1v) is 10.6. The number of amides is 1. The molecule has 0 spiro atoms. The molecule has 0 aliphatic rings. The molecule has 2 heterocycles. The second kappa shape index (κ2) is 8.77. The van der Waals surface area contributed by atoms with Gasteiger partial charge in [0.25, 0.3) is 0 Å². The van der Waals surface area contributed by atoms with Crippen LogP contribution in [0.25, 0.3) is 0 Å². The fourth-order valence-electron chi connectivity index (χ4n) is 2.69. The summed E-state index contributed by atoms with van der Waals surface area (Å²) in [5.41, 5.74) is 2.50. The van der Waals surface area contributed by atoms with Crippen LogP contribution in [0, 0.1) is 13.8 Å². The van der Waals surface area contributed by atoms with Gasteiger partial charge < -0.3 is 9.73 Å². The SMILES string of the molecule is Cc1ccc(C)c(NC(=O)CN(Cc2ccco2)S(=O)(=O)c2ccc(Cl)nc2)c1. The minimum absolute atomic E-state index is 0.0620. The molecule has 0 bridgehead atoms. The monoisotopic (exact) mass is 433 g/mol. The number of halogens is 1. The highest BCUT2D eigenvalue weighted by molar-refractivity contribution is 7.89. The van der Waals surface area contributed by atoms with Crippen LogP contribution in [0.5, 0.6) is 0 Å². The Bertz CT molecular complexity index is 1100. The van der Waals surface area contributed by atoms with Crippen LogP contribution in [0.15, 0.2) is 64.2 Å². The molecule has 0 saturated carbocycles. The van der Waals surface area contributed by atoms with Gasteiger partial charge in [0, 0.05) is 11.9 Å². The van der Waals surface area contributed by atoms with Gasteiger partial charge in [-0.15, -0.1) is 0 Å². The molecule has 0 atom stereocenters. The number of hydrogen-bond donors (Lipinski definition) is 1. The minimum atomic E-state index is -4.01. The van der Waals surface area contributed by atoms with Crippen molar-refractivity contribution in [1.29, 1.82) is 0 Å². The van der Waals surface area contributed by atoms with E-state index in [0.29, 0.717) is 11.4 Å². The van der Waals surface area contributed by atoms with E-state index < -0.39 is 15.9 Å². The number of sulfonamides is 1. The highest BCUT2D eigenvalue weighted by atomic mass is 35.5. The molecule has 9 heteroatoms. The van der Waals surface area contributed by atoms with Crippen LogP contribution < -0.4 is 5.32 Å². The summed E-state index contributed by atoms with van der Waals surface area (Å²) in [6.45, 7) is 3.29. The van der Waals surface area contributed by atoms with Crippen molar-refractivity contribution in [2.75, 3.05) is 11.9 Å². The lowest BCUT2D eigenvalue weighted by atomic mass is 10.1. The van der Waals surface area contributed by atoms with Crippen LogP contribution in [-0.4, -0.2) is 30.2 Å². The van der Waals surface area contributed by atoms with E-state index in [1.807, 2.05) is 32.0 Å².